The molecule has 1 aromatic carbocycles. The molecule has 0 aliphatic carbocycles. The van der Waals surface area contributed by atoms with Crippen LogP contribution in [0.25, 0.3) is 10.8 Å². The van der Waals surface area contributed by atoms with Crippen molar-refractivity contribution in [2.45, 2.75) is 0 Å². The Morgan fingerprint density at radius 1 is 0.688 bits per heavy atom. The van der Waals surface area contributed by atoms with Crippen molar-refractivity contribution >= 4 is 33.5 Å². The molecule has 1 heterocycles. The number of nitrogens with zero attached hydrogens (tertiary/aromatic N) is 2. The lowest BCUT2D eigenvalue weighted by Gasteiger charge is -2.10. The highest BCUT2D eigenvalue weighted by Crippen LogP contribution is 2.36. The molecule has 0 spiro atoms. The molecular weight excluding hydrogens is 212 g/mol. The van der Waals surface area contributed by atoms with Crippen LogP contribution >= 0.6 is 0 Å². The predicted octanol–water partition coefficient (Wildman–Crippen LogP) is -1.56. The van der Waals surface area contributed by atoms with Crippen molar-refractivity contribution in [1.29, 1.82) is 0 Å². The van der Waals surface area contributed by atoms with E-state index in [1.54, 1.807) is 0 Å². The summed E-state index contributed by atoms with van der Waals surface area (Å²) in [7, 11) is 0. The second-order valence-electron chi connectivity index (χ2n) is 3.35. The lowest BCUT2D eigenvalue weighted by atomic mass is 10.1. The number of fused-ring (bicyclic) bond motifs is 1. The molecule has 8 nitrogen and oxygen atoms in total. The average molecular weight is 222 g/mol. The van der Waals surface area contributed by atoms with Gasteiger partial charge in [-0.3, -0.25) is 0 Å². The highest BCUT2D eigenvalue weighted by molar-refractivity contribution is 6.10. The van der Waals surface area contributed by atoms with Crippen molar-refractivity contribution in [3.8, 4) is 0 Å². The van der Waals surface area contributed by atoms with Gasteiger partial charge in [0.2, 0.25) is 0 Å². The molecule has 0 radical (unpaired) electrons. The van der Waals surface area contributed by atoms with E-state index in [4.69, 9.17) is 22.9 Å². The summed E-state index contributed by atoms with van der Waals surface area (Å²) < 4.78 is 0. The van der Waals surface area contributed by atoms with Gasteiger partial charge in [-0.05, 0) is 0 Å². The first kappa shape index (κ1) is 9.90. The number of hydrogen-bond acceptors (Lipinski definition) is 6. The highest BCUT2D eigenvalue weighted by atomic mass is 16.6. The molecule has 8 N–H and O–H groups in total. The van der Waals surface area contributed by atoms with Gasteiger partial charge in [0, 0.05) is 0 Å². The van der Waals surface area contributed by atoms with E-state index in [-0.39, 0.29) is 32.4 Å². The summed E-state index contributed by atoms with van der Waals surface area (Å²) in [6, 6.07) is 0. The van der Waals surface area contributed by atoms with Crippen LogP contribution in [0.5, 0.6) is 0 Å². The van der Waals surface area contributed by atoms with Crippen molar-refractivity contribution < 1.29 is 9.69 Å². The van der Waals surface area contributed by atoms with E-state index < -0.39 is 0 Å². The molecule has 0 saturated heterocycles. The molecule has 8 heteroatoms. The molecule has 0 saturated carbocycles. The van der Waals surface area contributed by atoms with Gasteiger partial charge in [0.15, 0.2) is 0 Å². The number of nitrogens with two attached hydrogens (primary N) is 4. The maximum atomic E-state index is 11.1. The quantitative estimate of drug-likeness (QED) is 0.239. The molecule has 0 aliphatic heterocycles. The number of nitrogen functional groups attached to an aromatic ring is 4. The van der Waals surface area contributed by atoms with Gasteiger partial charge in [0.25, 0.3) is 12.4 Å². The van der Waals surface area contributed by atoms with Crippen molar-refractivity contribution in [3.05, 3.63) is 22.8 Å². The normalized spacial score (nSPS) is 10.8. The van der Waals surface area contributed by atoms with Crippen LogP contribution in [0, 0.1) is 10.4 Å². The van der Waals surface area contributed by atoms with E-state index in [1.165, 1.54) is 0 Å². The first-order valence-electron chi connectivity index (χ1n) is 4.31. The number of aromatic nitrogens is 2. The Morgan fingerprint density at radius 2 is 1.00 bits per heavy atom. The standard InChI is InChI=1S/C8H10N6O2/c9-5-3-1-13(15)14(16)2-4(3)6(10)8(12)7(5)11/h1-2H,9-12H2. The molecule has 0 atom stereocenters. The van der Waals surface area contributed by atoms with E-state index >= 15 is 0 Å². The fraction of sp³-hybridized carbons (Fsp3) is 0. The maximum absolute atomic E-state index is 11.1. The van der Waals surface area contributed by atoms with Crippen LogP contribution in [-0.4, -0.2) is 0 Å². The third kappa shape index (κ3) is 1.10. The van der Waals surface area contributed by atoms with E-state index in [2.05, 4.69) is 0 Å². The van der Waals surface area contributed by atoms with E-state index in [1.807, 2.05) is 0 Å². The molecule has 0 fully saturated rings. The Kier molecular flexibility index (Phi) is 1.81. The zero-order chi connectivity index (χ0) is 12.0. The van der Waals surface area contributed by atoms with Gasteiger partial charge in [-0.25, -0.2) is 0 Å². The third-order valence-electron chi connectivity index (χ3n) is 2.41. The second kappa shape index (κ2) is 2.92. The molecule has 2 rings (SSSR count). The van der Waals surface area contributed by atoms with E-state index in [0.717, 1.165) is 12.4 Å². The maximum Gasteiger partial charge on any atom is 0.263 e. The Hall–Kier alpha value is -2.64. The molecule has 0 aliphatic rings. The second-order valence-corrected chi connectivity index (χ2v) is 3.35. The summed E-state index contributed by atoms with van der Waals surface area (Å²) >= 11 is 0. The summed E-state index contributed by atoms with van der Waals surface area (Å²) in [5.41, 5.74) is 23.1. The summed E-state index contributed by atoms with van der Waals surface area (Å²) in [4.78, 5) is 0.154. The minimum absolute atomic E-state index is 0.0771. The highest BCUT2D eigenvalue weighted by Gasteiger charge is 2.18. The number of hydrogen-bond donors (Lipinski definition) is 4. The Bertz CT molecular complexity index is 545. The SMILES string of the molecule is Nc1c(N)c(N)c2c[n+]([O-])[n+]([O-])cc2c1N. The molecule has 0 unspecified atom stereocenters. The minimum Gasteiger partial charge on any atom is -0.561 e. The molecule has 1 aromatic heterocycles. The van der Waals surface area contributed by atoms with E-state index in [0.29, 0.717) is 10.8 Å². The van der Waals surface area contributed by atoms with Crippen LogP contribution in [-0.2, 0) is 0 Å². The van der Waals surface area contributed by atoms with Crippen LogP contribution in [0.4, 0.5) is 22.7 Å². The fourth-order valence-electron chi connectivity index (χ4n) is 1.48. The Balaban J connectivity index is 3.02. The largest absolute Gasteiger partial charge is 0.561 e. The van der Waals surface area contributed by atoms with Crippen LogP contribution in [0.2, 0.25) is 0 Å². The van der Waals surface area contributed by atoms with Crippen molar-refractivity contribution in [2.75, 3.05) is 22.9 Å². The van der Waals surface area contributed by atoms with Gasteiger partial charge in [0.1, 0.15) is 0 Å². The van der Waals surface area contributed by atoms with Crippen molar-refractivity contribution in [2.24, 2.45) is 0 Å². The first-order chi connectivity index (χ1) is 7.43. The molecule has 0 amide bonds. The first-order valence-corrected chi connectivity index (χ1v) is 4.31. The van der Waals surface area contributed by atoms with Gasteiger partial charge < -0.3 is 33.3 Å². The Morgan fingerprint density at radius 3 is 1.31 bits per heavy atom. The number of benzene rings is 1. The topological polar surface area (TPSA) is 158 Å². The van der Waals surface area contributed by atoms with Gasteiger partial charge in [-0.1, -0.05) is 0 Å². The lowest BCUT2D eigenvalue weighted by molar-refractivity contribution is -1.19. The van der Waals surface area contributed by atoms with E-state index in [9.17, 15) is 10.4 Å². The van der Waals surface area contributed by atoms with Gasteiger partial charge in [0.05, 0.1) is 43.2 Å². The van der Waals surface area contributed by atoms with Crippen LogP contribution in [0.15, 0.2) is 12.4 Å². The molecule has 2 aromatic rings. The van der Waals surface area contributed by atoms with Crippen molar-refractivity contribution in [3.63, 3.8) is 0 Å². The molecular formula is C8H10N6O2. The predicted molar refractivity (Wildman–Crippen MR) is 59.5 cm³/mol. The van der Waals surface area contributed by atoms with Gasteiger partial charge >= 0.3 is 0 Å². The minimum atomic E-state index is 0.0771. The zero-order valence-electron chi connectivity index (χ0n) is 8.18. The Labute approximate surface area is 89.8 Å². The molecule has 84 valence electrons. The molecule has 0 bridgehead atoms. The van der Waals surface area contributed by atoms with Gasteiger partial charge in [-0.15, -0.1) is 0 Å². The van der Waals surface area contributed by atoms with Gasteiger partial charge in [-0.2, -0.15) is 0 Å². The summed E-state index contributed by atoms with van der Waals surface area (Å²) in [6.45, 7) is 0. The fourth-order valence-corrected chi connectivity index (χ4v) is 1.48. The van der Waals surface area contributed by atoms with Crippen molar-refractivity contribution in [1.82, 2.24) is 0 Å². The number of rotatable bonds is 0. The number of anilines is 4. The lowest BCUT2D eigenvalue weighted by Crippen LogP contribution is -2.60. The molecule has 16 heavy (non-hydrogen) atoms. The average Bonchev–Trinajstić information content (AvgIpc) is 2.26. The summed E-state index contributed by atoms with van der Waals surface area (Å²) in [5.74, 6) is 0. The van der Waals surface area contributed by atoms with Crippen LogP contribution < -0.4 is 32.6 Å². The van der Waals surface area contributed by atoms with Crippen LogP contribution in [0.3, 0.4) is 0 Å². The monoisotopic (exact) mass is 222 g/mol. The smallest absolute Gasteiger partial charge is 0.263 e. The summed E-state index contributed by atoms with van der Waals surface area (Å²) in [6.07, 6.45) is 2.01. The third-order valence-corrected chi connectivity index (χ3v) is 2.41. The van der Waals surface area contributed by atoms with Crippen LogP contribution in [0.1, 0.15) is 0 Å². The summed E-state index contributed by atoms with van der Waals surface area (Å²) in [5, 5.41) is 22.8. The zero-order valence-corrected chi connectivity index (χ0v) is 8.18.